The van der Waals surface area contributed by atoms with Gasteiger partial charge in [-0.3, -0.25) is 11.3 Å². The first-order valence-electron chi connectivity index (χ1n) is 6.15. The summed E-state index contributed by atoms with van der Waals surface area (Å²) in [5, 5.41) is 0. The van der Waals surface area contributed by atoms with E-state index in [-0.39, 0.29) is 11.9 Å². The summed E-state index contributed by atoms with van der Waals surface area (Å²) in [7, 11) is 0. The standard InChI is InChI=1S/C13H20BrFN2O/c1-2-18-8-4-6-11(17-16)9-10-5-3-7-12(15)13(10)14/h3,5,7,11,17H,2,4,6,8-9,16H2,1H3. The Kier molecular flexibility index (Phi) is 7.42. The highest BCUT2D eigenvalue weighted by Crippen LogP contribution is 2.22. The van der Waals surface area contributed by atoms with E-state index >= 15 is 0 Å². The maximum absolute atomic E-state index is 13.4. The van der Waals surface area contributed by atoms with Crippen LogP contribution in [0, 0.1) is 5.82 Å². The molecule has 1 rings (SSSR count). The van der Waals surface area contributed by atoms with Gasteiger partial charge in [0.15, 0.2) is 0 Å². The Labute approximate surface area is 116 Å². The maximum Gasteiger partial charge on any atom is 0.137 e. The maximum atomic E-state index is 13.4. The van der Waals surface area contributed by atoms with Crippen LogP contribution in [-0.2, 0) is 11.2 Å². The van der Waals surface area contributed by atoms with E-state index < -0.39 is 0 Å². The van der Waals surface area contributed by atoms with Gasteiger partial charge in [0.1, 0.15) is 5.82 Å². The molecule has 1 aromatic rings. The SMILES string of the molecule is CCOCCCC(Cc1cccc(F)c1Br)NN. The van der Waals surface area contributed by atoms with Crippen molar-refractivity contribution in [3.8, 4) is 0 Å². The third-order valence-corrected chi connectivity index (χ3v) is 3.67. The molecule has 0 aromatic heterocycles. The zero-order valence-electron chi connectivity index (χ0n) is 10.6. The molecule has 1 unspecified atom stereocenters. The van der Waals surface area contributed by atoms with Crippen molar-refractivity contribution in [3.63, 3.8) is 0 Å². The molecule has 0 aliphatic heterocycles. The molecule has 0 amide bonds. The van der Waals surface area contributed by atoms with Crippen molar-refractivity contribution in [2.24, 2.45) is 5.84 Å². The van der Waals surface area contributed by atoms with E-state index in [1.54, 1.807) is 6.07 Å². The molecule has 1 atom stereocenters. The van der Waals surface area contributed by atoms with Gasteiger partial charge in [0.2, 0.25) is 0 Å². The highest BCUT2D eigenvalue weighted by atomic mass is 79.9. The van der Waals surface area contributed by atoms with E-state index in [2.05, 4.69) is 21.4 Å². The summed E-state index contributed by atoms with van der Waals surface area (Å²) in [6.45, 7) is 3.44. The van der Waals surface area contributed by atoms with Crippen molar-refractivity contribution in [2.75, 3.05) is 13.2 Å². The van der Waals surface area contributed by atoms with Gasteiger partial charge in [0.05, 0.1) is 4.47 Å². The van der Waals surface area contributed by atoms with Crippen LogP contribution in [-0.4, -0.2) is 19.3 Å². The van der Waals surface area contributed by atoms with Crippen molar-refractivity contribution < 1.29 is 9.13 Å². The zero-order chi connectivity index (χ0) is 13.4. The number of hydrogen-bond acceptors (Lipinski definition) is 3. The van der Waals surface area contributed by atoms with Crippen LogP contribution in [0.25, 0.3) is 0 Å². The number of hydrazine groups is 1. The first kappa shape index (κ1) is 15.6. The molecule has 0 saturated heterocycles. The first-order chi connectivity index (χ1) is 8.69. The van der Waals surface area contributed by atoms with Crippen LogP contribution in [0.3, 0.4) is 0 Å². The van der Waals surface area contributed by atoms with Crippen LogP contribution in [0.5, 0.6) is 0 Å². The summed E-state index contributed by atoms with van der Waals surface area (Å²) in [6.07, 6.45) is 2.54. The average Bonchev–Trinajstić information content (AvgIpc) is 2.38. The van der Waals surface area contributed by atoms with E-state index in [0.717, 1.165) is 31.6 Å². The fourth-order valence-corrected chi connectivity index (χ4v) is 2.22. The minimum Gasteiger partial charge on any atom is -0.382 e. The number of hydrogen-bond donors (Lipinski definition) is 2. The summed E-state index contributed by atoms with van der Waals surface area (Å²) in [5.41, 5.74) is 3.70. The van der Waals surface area contributed by atoms with Gasteiger partial charge in [-0.15, -0.1) is 0 Å². The number of rotatable bonds is 8. The molecule has 0 heterocycles. The van der Waals surface area contributed by atoms with Crippen molar-refractivity contribution >= 4 is 15.9 Å². The molecule has 18 heavy (non-hydrogen) atoms. The van der Waals surface area contributed by atoms with Crippen LogP contribution in [0.2, 0.25) is 0 Å². The second kappa shape index (κ2) is 8.58. The third kappa shape index (κ3) is 5.02. The van der Waals surface area contributed by atoms with Gasteiger partial charge in [-0.05, 0) is 53.7 Å². The fourth-order valence-electron chi connectivity index (χ4n) is 1.79. The molecule has 0 fully saturated rings. The number of benzene rings is 1. The van der Waals surface area contributed by atoms with Crippen molar-refractivity contribution in [3.05, 3.63) is 34.1 Å². The summed E-state index contributed by atoms with van der Waals surface area (Å²) >= 11 is 3.26. The van der Waals surface area contributed by atoms with Gasteiger partial charge in [0, 0.05) is 19.3 Å². The Morgan fingerprint density at radius 1 is 1.50 bits per heavy atom. The minimum absolute atomic E-state index is 0.128. The Hall–Kier alpha value is -0.490. The zero-order valence-corrected chi connectivity index (χ0v) is 12.2. The topological polar surface area (TPSA) is 47.3 Å². The lowest BCUT2D eigenvalue weighted by Crippen LogP contribution is -2.37. The van der Waals surface area contributed by atoms with Gasteiger partial charge < -0.3 is 4.74 Å². The predicted molar refractivity (Wildman–Crippen MR) is 74.6 cm³/mol. The molecule has 0 aliphatic rings. The molecular formula is C13H20BrFN2O. The Balaban J connectivity index is 2.49. The normalized spacial score (nSPS) is 12.7. The van der Waals surface area contributed by atoms with Gasteiger partial charge in [0.25, 0.3) is 0 Å². The highest BCUT2D eigenvalue weighted by Gasteiger charge is 2.11. The molecule has 0 radical (unpaired) electrons. The second-order valence-electron chi connectivity index (χ2n) is 4.12. The van der Waals surface area contributed by atoms with Gasteiger partial charge in [-0.25, -0.2) is 4.39 Å². The summed E-state index contributed by atoms with van der Waals surface area (Å²) in [6, 6.07) is 5.18. The largest absolute Gasteiger partial charge is 0.382 e. The lowest BCUT2D eigenvalue weighted by molar-refractivity contribution is 0.140. The number of nitrogens with two attached hydrogens (primary N) is 1. The van der Waals surface area contributed by atoms with E-state index in [0.29, 0.717) is 10.9 Å². The second-order valence-corrected chi connectivity index (χ2v) is 4.91. The minimum atomic E-state index is -0.238. The summed E-state index contributed by atoms with van der Waals surface area (Å²) in [4.78, 5) is 0. The number of nitrogens with one attached hydrogen (secondary N) is 1. The van der Waals surface area contributed by atoms with E-state index in [9.17, 15) is 4.39 Å². The molecule has 0 spiro atoms. The van der Waals surface area contributed by atoms with Gasteiger partial charge >= 0.3 is 0 Å². The van der Waals surface area contributed by atoms with E-state index in [1.165, 1.54) is 6.07 Å². The average molecular weight is 319 g/mol. The Bertz CT molecular complexity index is 363. The molecule has 5 heteroatoms. The molecule has 1 aromatic carbocycles. The molecule has 3 nitrogen and oxygen atoms in total. The highest BCUT2D eigenvalue weighted by molar-refractivity contribution is 9.10. The Morgan fingerprint density at radius 2 is 2.28 bits per heavy atom. The smallest absolute Gasteiger partial charge is 0.137 e. The van der Waals surface area contributed by atoms with Crippen molar-refractivity contribution in [1.82, 2.24) is 5.43 Å². The van der Waals surface area contributed by atoms with Crippen LogP contribution in [0.1, 0.15) is 25.3 Å². The fraction of sp³-hybridized carbons (Fsp3) is 0.538. The predicted octanol–water partition coefficient (Wildman–Crippen LogP) is 2.78. The van der Waals surface area contributed by atoms with Gasteiger partial charge in [-0.1, -0.05) is 12.1 Å². The van der Waals surface area contributed by atoms with Crippen LogP contribution in [0.4, 0.5) is 4.39 Å². The van der Waals surface area contributed by atoms with Crippen LogP contribution >= 0.6 is 15.9 Å². The summed E-state index contributed by atoms with van der Waals surface area (Å²) in [5.74, 6) is 5.29. The molecule has 3 N–H and O–H groups in total. The molecule has 0 bridgehead atoms. The van der Waals surface area contributed by atoms with Crippen LogP contribution < -0.4 is 11.3 Å². The first-order valence-corrected chi connectivity index (χ1v) is 6.95. The molecule has 0 saturated carbocycles. The van der Waals surface area contributed by atoms with E-state index in [4.69, 9.17) is 10.6 Å². The number of ether oxygens (including phenoxy) is 1. The lowest BCUT2D eigenvalue weighted by atomic mass is 10.0. The van der Waals surface area contributed by atoms with Crippen LogP contribution in [0.15, 0.2) is 22.7 Å². The van der Waals surface area contributed by atoms with E-state index in [1.807, 2.05) is 13.0 Å². The van der Waals surface area contributed by atoms with Gasteiger partial charge in [-0.2, -0.15) is 0 Å². The Morgan fingerprint density at radius 3 is 2.94 bits per heavy atom. The third-order valence-electron chi connectivity index (χ3n) is 2.78. The van der Waals surface area contributed by atoms with Crippen molar-refractivity contribution in [2.45, 2.75) is 32.2 Å². The molecule has 0 aliphatic carbocycles. The monoisotopic (exact) mass is 318 g/mol. The summed E-state index contributed by atoms with van der Waals surface area (Å²) < 4.78 is 19.2. The quantitative estimate of drug-likeness (QED) is 0.440. The number of halogens is 2. The molecular weight excluding hydrogens is 299 g/mol. The molecule has 102 valence electrons. The lowest BCUT2D eigenvalue weighted by Gasteiger charge is -2.16. The van der Waals surface area contributed by atoms with Crippen molar-refractivity contribution in [1.29, 1.82) is 0 Å².